The number of hydrogen-bond donors (Lipinski definition) is 1. The van der Waals surface area contributed by atoms with Crippen molar-refractivity contribution in [3.8, 4) is 0 Å². The number of nitrogen functional groups attached to an aromatic ring is 1. The van der Waals surface area contributed by atoms with Gasteiger partial charge in [-0.1, -0.05) is 35.9 Å². The molecule has 0 aromatic heterocycles. The predicted molar refractivity (Wildman–Crippen MR) is 81.1 cm³/mol. The van der Waals surface area contributed by atoms with Crippen molar-refractivity contribution in [2.45, 2.75) is 6.61 Å². The van der Waals surface area contributed by atoms with E-state index in [4.69, 9.17) is 22.1 Å². The zero-order chi connectivity index (χ0) is 14.4. The highest BCUT2D eigenvalue weighted by atomic mass is 35.5. The molecule has 0 fully saturated rings. The lowest BCUT2D eigenvalue weighted by molar-refractivity contribution is -0.138. The molecule has 4 heteroatoms. The number of carbonyl (C=O) groups excluding carboxylic acids is 1. The van der Waals surface area contributed by atoms with Crippen molar-refractivity contribution < 1.29 is 9.53 Å². The lowest BCUT2D eigenvalue weighted by Gasteiger charge is -2.02. The van der Waals surface area contributed by atoms with Crippen LogP contribution in [0.2, 0.25) is 5.02 Å². The zero-order valence-corrected chi connectivity index (χ0v) is 11.5. The first-order valence-electron chi connectivity index (χ1n) is 6.08. The molecule has 0 aliphatic carbocycles. The molecular weight excluding hydrogens is 274 g/mol. The summed E-state index contributed by atoms with van der Waals surface area (Å²) >= 11 is 5.85. The summed E-state index contributed by atoms with van der Waals surface area (Å²) in [5.74, 6) is -0.401. The van der Waals surface area contributed by atoms with E-state index in [0.717, 1.165) is 11.1 Å². The van der Waals surface area contributed by atoms with Gasteiger partial charge in [-0.05, 0) is 41.5 Å². The molecule has 0 saturated carbocycles. The second kappa shape index (κ2) is 6.78. The number of hydrogen-bond acceptors (Lipinski definition) is 3. The normalized spacial score (nSPS) is 10.7. The largest absolute Gasteiger partial charge is 0.458 e. The van der Waals surface area contributed by atoms with Gasteiger partial charge in [0.1, 0.15) is 6.61 Å². The van der Waals surface area contributed by atoms with Crippen molar-refractivity contribution in [3.63, 3.8) is 0 Å². The fraction of sp³-hybridized carbons (Fsp3) is 0.0625. The van der Waals surface area contributed by atoms with Crippen LogP contribution in [0.5, 0.6) is 0 Å². The quantitative estimate of drug-likeness (QED) is 0.530. The van der Waals surface area contributed by atoms with Gasteiger partial charge in [0.15, 0.2) is 0 Å². The molecule has 20 heavy (non-hydrogen) atoms. The first-order valence-corrected chi connectivity index (χ1v) is 6.46. The molecule has 2 rings (SSSR count). The van der Waals surface area contributed by atoms with Crippen molar-refractivity contribution in [1.82, 2.24) is 0 Å². The standard InChI is InChI=1S/C16H14ClNO2/c17-14-3-1-2-13(10-14)11-20-16(19)9-6-12-4-7-15(18)8-5-12/h1-10H,11,18H2/b9-6+. The lowest BCUT2D eigenvalue weighted by atomic mass is 10.2. The van der Waals surface area contributed by atoms with Crippen LogP contribution in [0.3, 0.4) is 0 Å². The van der Waals surface area contributed by atoms with E-state index < -0.39 is 5.97 Å². The number of nitrogens with two attached hydrogens (primary N) is 1. The van der Waals surface area contributed by atoms with E-state index in [9.17, 15) is 4.79 Å². The van der Waals surface area contributed by atoms with Gasteiger partial charge in [-0.2, -0.15) is 0 Å². The molecule has 3 nitrogen and oxygen atoms in total. The molecule has 0 aliphatic rings. The Morgan fingerprint density at radius 2 is 1.95 bits per heavy atom. The number of halogens is 1. The van der Waals surface area contributed by atoms with Gasteiger partial charge in [-0.15, -0.1) is 0 Å². The first kappa shape index (κ1) is 14.2. The third kappa shape index (κ3) is 4.44. The highest BCUT2D eigenvalue weighted by Gasteiger charge is 1.99. The molecule has 0 unspecified atom stereocenters. The number of esters is 1. The number of anilines is 1. The van der Waals surface area contributed by atoms with Crippen LogP contribution in [-0.2, 0) is 16.1 Å². The van der Waals surface area contributed by atoms with Crippen molar-refractivity contribution >= 4 is 29.3 Å². The van der Waals surface area contributed by atoms with E-state index in [-0.39, 0.29) is 6.61 Å². The third-order valence-corrected chi connectivity index (χ3v) is 2.85. The van der Waals surface area contributed by atoms with Gasteiger partial charge in [0.2, 0.25) is 0 Å². The molecule has 2 aromatic rings. The van der Waals surface area contributed by atoms with E-state index >= 15 is 0 Å². The topological polar surface area (TPSA) is 52.3 Å². The second-order valence-electron chi connectivity index (χ2n) is 4.24. The Bertz CT molecular complexity index is 621. The molecule has 102 valence electrons. The fourth-order valence-electron chi connectivity index (χ4n) is 1.60. The number of rotatable bonds is 4. The Hall–Kier alpha value is -2.26. The van der Waals surface area contributed by atoms with Crippen molar-refractivity contribution in [2.24, 2.45) is 0 Å². The zero-order valence-electron chi connectivity index (χ0n) is 10.8. The van der Waals surface area contributed by atoms with Crippen LogP contribution >= 0.6 is 11.6 Å². The van der Waals surface area contributed by atoms with Gasteiger partial charge in [0, 0.05) is 16.8 Å². The highest BCUT2D eigenvalue weighted by Crippen LogP contribution is 2.12. The van der Waals surface area contributed by atoms with E-state index in [1.54, 1.807) is 30.3 Å². The molecule has 2 N–H and O–H groups in total. The van der Waals surface area contributed by atoms with Gasteiger partial charge in [-0.25, -0.2) is 4.79 Å². The van der Waals surface area contributed by atoms with Gasteiger partial charge < -0.3 is 10.5 Å². The maximum atomic E-state index is 11.6. The van der Waals surface area contributed by atoms with Gasteiger partial charge in [-0.3, -0.25) is 0 Å². The van der Waals surface area contributed by atoms with Crippen molar-refractivity contribution in [3.05, 3.63) is 70.8 Å². The fourth-order valence-corrected chi connectivity index (χ4v) is 1.81. The van der Waals surface area contributed by atoms with Gasteiger partial charge in [0.25, 0.3) is 0 Å². The van der Waals surface area contributed by atoms with Crippen LogP contribution in [0, 0.1) is 0 Å². The molecule has 0 spiro atoms. The van der Waals surface area contributed by atoms with E-state index in [2.05, 4.69) is 0 Å². The van der Waals surface area contributed by atoms with Crippen molar-refractivity contribution in [2.75, 3.05) is 5.73 Å². The Morgan fingerprint density at radius 1 is 1.20 bits per heavy atom. The lowest BCUT2D eigenvalue weighted by Crippen LogP contribution is -2.00. The van der Waals surface area contributed by atoms with E-state index in [0.29, 0.717) is 10.7 Å². The molecular formula is C16H14ClNO2. The summed E-state index contributed by atoms with van der Waals surface area (Å²) in [5, 5.41) is 0.621. The Labute approximate surface area is 122 Å². The summed E-state index contributed by atoms with van der Waals surface area (Å²) in [6.45, 7) is 0.200. The minimum absolute atomic E-state index is 0.200. The monoisotopic (exact) mass is 287 g/mol. The molecule has 0 radical (unpaired) electrons. The molecule has 0 saturated heterocycles. The maximum absolute atomic E-state index is 11.6. The summed E-state index contributed by atoms with van der Waals surface area (Å²) in [7, 11) is 0. The second-order valence-corrected chi connectivity index (χ2v) is 4.67. The van der Waals surface area contributed by atoms with E-state index in [1.165, 1.54) is 6.08 Å². The molecule has 0 heterocycles. The van der Waals surface area contributed by atoms with Crippen LogP contribution in [0.1, 0.15) is 11.1 Å². The first-order chi connectivity index (χ1) is 9.63. The highest BCUT2D eigenvalue weighted by molar-refractivity contribution is 6.30. The molecule has 0 amide bonds. The summed E-state index contributed by atoms with van der Waals surface area (Å²) in [6.07, 6.45) is 3.07. The Balaban J connectivity index is 1.88. The van der Waals surface area contributed by atoms with Gasteiger partial charge >= 0.3 is 5.97 Å². The molecule has 0 bridgehead atoms. The minimum atomic E-state index is -0.401. The van der Waals surface area contributed by atoms with Crippen molar-refractivity contribution in [1.29, 1.82) is 0 Å². The third-order valence-electron chi connectivity index (χ3n) is 2.62. The number of ether oxygens (including phenoxy) is 1. The van der Waals surface area contributed by atoms with Crippen LogP contribution in [0.4, 0.5) is 5.69 Å². The summed E-state index contributed by atoms with van der Waals surface area (Å²) in [6, 6.07) is 14.4. The van der Waals surface area contributed by atoms with E-state index in [1.807, 2.05) is 24.3 Å². The summed E-state index contributed by atoms with van der Waals surface area (Å²) in [4.78, 5) is 11.6. The van der Waals surface area contributed by atoms with Crippen LogP contribution in [-0.4, -0.2) is 5.97 Å². The van der Waals surface area contributed by atoms with Crippen LogP contribution in [0.25, 0.3) is 6.08 Å². The Morgan fingerprint density at radius 3 is 2.65 bits per heavy atom. The van der Waals surface area contributed by atoms with Crippen LogP contribution < -0.4 is 5.73 Å². The van der Waals surface area contributed by atoms with Crippen LogP contribution in [0.15, 0.2) is 54.6 Å². The Kier molecular flexibility index (Phi) is 4.80. The number of benzene rings is 2. The maximum Gasteiger partial charge on any atom is 0.331 e. The minimum Gasteiger partial charge on any atom is -0.458 e. The van der Waals surface area contributed by atoms with Gasteiger partial charge in [0.05, 0.1) is 0 Å². The summed E-state index contributed by atoms with van der Waals surface area (Å²) < 4.78 is 5.12. The molecule has 0 atom stereocenters. The average molecular weight is 288 g/mol. The summed E-state index contributed by atoms with van der Waals surface area (Å²) in [5.41, 5.74) is 8.01. The SMILES string of the molecule is Nc1ccc(/C=C/C(=O)OCc2cccc(Cl)c2)cc1. The smallest absolute Gasteiger partial charge is 0.331 e. The molecule has 0 aliphatic heterocycles. The predicted octanol–water partition coefficient (Wildman–Crippen LogP) is 3.68. The number of carbonyl (C=O) groups is 1. The average Bonchev–Trinajstić information content (AvgIpc) is 2.45. The molecule has 2 aromatic carbocycles.